The maximum absolute atomic E-state index is 2.55. The summed E-state index contributed by atoms with van der Waals surface area (Å²) >= 11 is 0. The minimum Gasteiger partial charge on any atom is -0.0675 e. The zero-order valence-corrected chi connectivity index (χ0v) is 17.4. The molecular weight excluding hydrogens is 360 g/mol. The molecule has 0 N–H and O–H groups in total. The van der Waals surface area contributed by atoms with Gasteiger partial charge >= 0.3 is 0 Å². The monoisotopic (exact) mass is 384 g/mol. The molecule has 0 saturated carbocycles. The summed E-state index contributed by atoms with van der Waals surface area (Å²) in [6.07, 6.45) is 2.55. The van der Waals surface area contributed by atoms with Crippen LogP contribution < -0.4 is 0 Å². The lowest BCUT2D eigenvalue weighted by Gasteiger charge is -2.34. The Balaban J connectivity index is 1.70. The molecule has 0 saturated heterocycles. The first-order chi connectivity index (χ1) is 14.7. The Morgan fingerprint density at radius 3 is 2.00 bits per heavy atom. The maximum atomic E-state index is 2.55. The molecule has 0 aliphatic heterocycles. The van der Waals surface area contributed by atoms with Crippen LogP contribution in [0.1, 0.15) is 50.8 Å². The molecule has 2 unspecified atom stereocenters. The summed E-state index contributed by atoms with van der Waals surface area (Å²) in [5.41, 5.74) is 14.0. The molecule has 0 spiro atoms. The highest BCUT2D eigenvalue weighted by Gasteiger charge is 2.38. The lowest BCUT2D eigenvalue weighted by Crippen LogP contribution is -2.18. The molecule has 0 fully saturated rings. The zero-order chi connectivity index (χ0) is 20.2. The summed E-state index contributed by atoms with van der Waals surface area (Å²) in [5.74, 6) is 0.638. The van der Waals surface area contributed by atoms with E-state index in [9.17, 15) is 0 Å². The quantitative estimate of drug-likeness (QED) is 0.293. The Bertz CT molecular complexity index is 1290. The average Bonchev–Trinajstić information content (AvgIpc) is 3.10. The third-order valence-corrected chi connectivity index (χ3v) is 6.85. The van der Waals surface area contributed by atoms with Gasteiger partial charge in [-0.2, -0.15) is 0 Å². The molecule has 144 valence electrons. The predicted octanol–water partition coefficient (Wildman–Crippen LogP) is 7.64. The Labute approximate surface area is 178 Å². The minimum absolute atomic E-state index is 0.316. The average molecular weight is 385 g/mol. The molecular formula is C30H24. The van der Waals surface area contributed by atoms with Crippen LogP contribution in [0.2, 0.25) is 0 Å². The molecule has 4 aromatic carbocycles. The second-order valence-electron chi connectivity index (χ2n) is 8.67. The number of hydrogen-bond acceptors (Lipinski definition) is 0. The molecule has 0 bridgehead atoms. The Hall–Kier alpha value is -3.38. The molecule has 30 heavy (non-hydrogen) atoms. The fraction of sp³-hybridized carbons (Fsp3) is 0.133. The number of aryl methyl sites for hydroxylation is 2. The highest BCUT2D eigenvalue weighted by atomic mass is 14.4. The van der Waals surface area contributed by atoms with Crippen LogP contribution >= 0.6 is 0 Å². The third kappa shape index (κ3) is 2.47. The van der Waals surface area contributed by atoms with Crippen molar-refractivity contribution in [1.82, 2.24) is 0 Å². The molecule has 0 heteroatoms. The van der Waals surface area contributed by atoms with E-state index in [1.807, 2.05) is 0 Å². The van der Waals surface area contributed by atoms with Gasteiger partial charge in [-0.15, -0.1) is 0 Å². The highest BCUT2D eigenvalue weighted by Crippen LogP contribution is 2.56. The van der Waals surface area contributed by atoms with Crippen LogP contribution in [0.4, 0.5) is 0 Å². The number of allylic oxidation sites excluding steroid dienone is 1. The van der Waals surface area contributed by atoms with Gasteiger partial charge in [-0.3, -0.25) is 0 Å². The predicted molar refractivity (Wildman–Crippen MR) is 126 cm³/mol. The number of hydrogen-bond donors (Lipinski definition) is 0. The third-order valence-electron chi connectivity index (χ3n) is 6.85. The zero-order valence-electron chi connectivity index (χ0n) is 17.4. The maximum Gasteiger partial charge on any atom is 0.0202 e. The molecule has 2 aliphatic carbocycles. The number of rotatable bonds is 2. The van der Waals surface area contributed by atoms with E-state index in [0.717, 1.165) is 0 Å². The molecule has 2 aliphatic rings. The van der Waals surface area contributed by atoms with E-state index in [-0.39, 0.29) is 0 Å². The van der Waals surface area contributed by atoms with Gasteiger partial charge in [-0.05, 0) is 63.9 Å². The first-order valence-corrected chi connectivity index (χ1v) is 10.8. The van der Waals surface area contributed by atoms with Gasteiger partial charge in [0.1, 0.15) is 0 Å². The second-order valence-corrected chi connectivity index (χ2v) is 8.67. The van der Waals surface area contributed by atoms with Gasteiger partial charge in [0.05, 0.1) is 0 Å². The van der Waals surface area contributed by atoms with Gasteiger partial charge in [-0.25, -0.2) is 0 Å². The van der Waals surface area contributed by atoms with Crippen molar-refractivity contribution >= 4 is 5.57 Å². The van der Waals surface area contributed by atoms with E-state index in [1.165, 1.54) is 55.6 Å². The summed E-state index contributed by atoms with van der Waals surface area (Å²) in [4.78, 5) is 0. The van der Waals surface area contributed by atoms with Crippen LogP contribution in [0.5, 0.6) is 0 Å². The van der Waals surface area contributed by atoms with E-state index >= 15 is 0 Å². The Kier molecular flexibility index (Phi) is 3.83. The number of benzene rings is 4. The van der Waals surface area contributed by atoms with Crippen molar-refractivity contribution in [2.24, 2.45) is 0 Å². The van der Waals surface area contributed by atoms with Crippen LogP contribution in [-0.2, 0) is 0 Å². The smallest absolute Gasteiger partial charge is 0.0202 e. The van der Waals surface area contributed by atoms with E-state index < -0.39 is 0 Å². The van der Waals surface area contributed by atoms with Crippen molar-refractivity contribution in [2.75, 3.05) is 0 Å². The summed E-state index contributed by atoms with van der Waals surface area (Å²) in [5, 5.41) is 0. The highest BCUT2D eigenvalue weighted by molar-refractivity contribution is 6.04. The van der Waals surface area contributed by atoms with Gasteiger partial charge < -0.3 is 0 Å². The molecule has 0 nitrogen and oxygen atoms in total. The van der Waals surface area contributed by atoms with Crippen molar-refractivity contribution in [2.45, 2.75) is 25.7 Å². The second kappa shape index (κ2) is 6.57. The fourth-order valence-corrected chi connectivity index (χ4v) is 5.52. The molecule has 6 rings (SSSR count). The van der Waals surface area contributed by atoms with Crippen molar-refractivity contribution in [1.29, 1.82) is 0 Å². The van der Waals surface area contributed by atoms with Crippen LogP contribution in [0.25, 0.3) is 16.7 Å². The van der Waals surface area contributed by atoms with E-state index in [2.05, 4.69) is 111 Å². The van der Waals surface area contributed by atoms with Crippen LogP contribution in [0.15, 0.2) is 97.1 Å². The topological polar surface area (TPSA) is 0 Å². The van der Waals surface area contributed by atoms with Crippen LogP contribution in [0.3, 0.4) is 0 Å². The van der Waals surface area contributed by atoms with Gasteiger partial charge in [0.15, 0.2) is 0 Å². The molecule has 0 heterocycles. The summed E-state index contributed by atoms with van der Waals surface area (Å²) in [6, 6.07) is 33.6. The summed E-state index contributed by atoms with van der Waals surface area (Å²) < 4.78 is 0. The first kappa shape index (κ1) is 17.5. The van der Waals surface area contributed by atoms with Gasteiger partial charge in [0, 0.05) is 11.8 Å². The first-order valence-electron chi connectivity index (χ1n) is 10.8. The SMILES string of the molecule is Cc1ccc2c(c1)C1=CC(c3ccccc3)C(c3ccccc3)c3c(C)ccc-2c31. The normalized spacial score (nSPS) is 18.5. The standard InChI is InChI=1S/C30H24/c1-19-13-15-23-24-16-14-20(2)28-29(22-11-7-4-8-12-22)25(21-9-5-3-6-10-21)18-27(30(24)28)26(23)17-19/h3-18,25,29H,1-2H3. The van der Waals surface area contributed by atoms with Crippen LogP contribution in [0, 0.1) is 13.8 Å². The minimum atomic E-state index is 0.316. The van der Waals surface area contributed by atoms with E-state index in [1.54, 1.807) is 0 Å². The van der Waals surface area contributed by atoms with E-state index in [4.69, 9.17) is 0 Å². The Morgan fingerprint density at radius 2 is 1.27 bits per heavy atom. The van der Waals surface area contributed by atoms with Crippen molar-refractivity contribution in [3.63, 3.8) is 0 Å². The lowest BCUT2D eigenvalue weighted by molar-refractivity contribution is 0.701. The van der Waals surface area contributed by atoms with Crippen LogP contribution in [-0.4, -0.2) is 0 Å². The van der Waals surface area contributed by atoms with Gasteiger partial charge in [0.25, 0.3) is 0 Å². The molecule has 0 amide bonds. The van der Waals surface area contributed by atoms with Gasteiger partial charge in [-0.1, -0.05) is 103 Å². The molecule has 4 aromatic rings. The summed E-state index contributed by atoms with van der Waals surface area (Å²) in [6.45, 7) is 4.48. The fourth-order valence-electron chi connectivity index (χ4n) is 5.52. The molecule has 2 atom stereocenters. The lowest BCUT2D eigenvalue weighted by atomic mass is 9.69. The Morgan fingerprint density at radius 1 is 0.600 bits per heavy atom. The summed E-state index contributed by atoms with van der Waals surface area (Å²) in [7, 11) is 0. The molecule has 0 aromatic heterocycles. The molecule has 0 radical (unpaired) electrons. The largest absolute Gasteiger partial charge is 0.0675 e. The van der Waals surface area contributed by atoms with Crippen molar-refractivity contribution < 1.29 is 0 Å². The van der Waals surface area contributed by atoms with Crippen molar-refractivity contribution in [3.8, 4) is 11.1 Å². The number of fused-ring (bicyclic) bond motifs is 3. The van der Waals surface area contributed by atoms with Gasteiger partial charge in [0.2, 0.25) is 0 Å². The van der Waals surface area contributed by atoms with E-state index in [0.29, 0.717) is 11.8 Å². The van der Waals surface area contributed by atoms with Crippen molar-refractivity contribution in [3.05, 3.63) is 136 Å².